The molecule has 0 unspecified atom stereocenters. The third kappa shape index (κ3) is 3.68. The molecule has 0 spiro atoms. The highest BCUT2D eigenvalue weighted by molar-refractivity contribution is 5.94. The van der Waals surface area contributed by atoms with Gasteiger partial charge in [-0.3, -0.25) is 14.5 Å². The highest BCUT2D eigenvalue weighted by Crippen LogP contribution is 2.30. The van der Waals surface area contributed by atoms with Crippen molar-refractivity contribution < 1.29 is 18.0 Å². The number of hydrogen-bond donors (Lipinski definition) is 2. The molecule has 0 aromatic carbocycles. The number of alkyl halides is 3. The van der Waals surface area contributed by atoms with Gasteiger partial charge in [0.2, 0.25) is 0 Å². The molecule has 5 nitrogen and oxygen atoms in total. The van der Waals surface area contributed by atoms with E-state index in [1.165, 1.54) is 18.0 Å². The van der Waals surface area contributed by atoms with Crippen LogP contribution in [0.25, 0.3) is 0 Å². The molecule has 1 aromatic rings. The molecule has 2 rings (SSSR count). The number of likely N-dealkylation sites (N-methyl/N-ethyl adjacent to an activating group) is 1. The second kappa shape index (κ2) is 6.12. The number of carbonyl (C=O) groups is 1. The monoisotopic (exact) mass is 317 g/mol. The van der Waals surface area contributed by atoms with Gasteiger partial charge in [0.1, 0.15) is 11.6 Å². The van der Waals surface area contributed by atoms with Crippen molar-refractivity contribution in [3.05, 3.63) is 33.7 Å². The predicted molar refractivity (Wildman–Crippen MR) is 74.8 cm³/mol. The molecule has 1 aromatic heterocycles. The molecule has 1 amide bonds. The number of piperidine rings is 1. The highest BCUT2D eigenvalue weighted by atomic mass is 19.4. The molecule has 122 valence electrons. The summed E-state index contributed by atoms with van der Waals surface area (Å²) in [6.07, 6.45) is -4.11. The molecule has 2 atom stereocenters. The van der Waals surface area contributed by atoms with Crippen LogP contribution in [0.2, 0.25) is 0 Å². The number of likely N-dealkylation sites (tertiary alicyclic amines) is 1. The Balaban J connectivity index is 2.01. The van der Waals surface area contributed by atoms with Gasteiger partial charge in [0.05, 0.1) is 0 Å². The molecule has 1 saturated heterocycles. The topological polar surface area (TPSA) is 65.2 Å². The first-order chi connectivity index (χ1) is 10.2. The number of pyridine rings is 1. The van der Waals surface area contributed by atoms with Crippen LogP contribution in [0.4, 0.5) is 13.2 Å². The number of rotatable bonds is 2. The molecule has 1 aliphatic rings. The Morgan fingerprint density at radius 1 is 1.36 bits per heavy atom. The zero-order valence-corrected chi connectivity index (χ0v) is 12.3. The summed E-state index contributed by atoms with van der Waals surface area (Å²) < 4.78 is 38.3. The Kier molecular flexibility index (Phi) is 4.60. The van der Waals surface area contributed by atoms with Crippen LogP contribution in [0.15, 0.2) is 16.9 Å². The van der Waals surface area contributed by atoms with E-state index >= 15 is 0 Å². The molecule has 2 heterocycles. The van der Waals surface area contributed by atoms with Crippen molar-refractivity contribution in [2.45, 2.75) is 38.0 Å². The van der Waals surface area contributed by atoms with Crippen molar-refractivity contribution in [1.82, 2.24) is 15.2 Å². The minimum atomic E-state index is -4.27. The van der Waals surface area contributed by atoms with Gasteiger partial charge in [-0.2, -0.15) is 13.2 Å². The highest BCUT2D eigenvalue weighted by Gasteiger charge is 2.44. The van der Waals surface area contributed by atoms with Crippen LogP contribution in [0.5, 0.6) is 0 Å². The Morgan fingerprint density at radius 2 is 2.05 bits per heavy atom. The van der Waals surface area contributed by atoms with E-state index in [0.29, 0.717) is 5.69 Å². The molecular formula is C14H18F3N3O2. The largest absolute Gasteiger partial charge is 0.404 e. The van der Waals surface area contributed by atoms with Gasteiger partial charge < -0.3 is 10.3 Å². The van der Waals surface area contributed by atoms with Crippen molar-refractivity contribution in [3.63, 3.8) is 0 Å². The number of halogens is 3. The number of hydrogen-bond acceptors (Lipinski definition) is 3. The van der Waals surface area contributed by atoms with Gasteiger partial charge in [-0.1, -0.05) is 0 Å². The van der Waals surface area contributed by atoms with Crippen molar-refractivity contribution in [1.29, 1.82) is 0 Å². The second-order valence-corrected chi connectivity index (χ2v) is 5.63. The maximum absolute atomic E-state index is 12.8. The lowest BCUT2D eigenvalue weighted by Crippen LogP contribution is -2.55. The fourth-order valence-electron chi connectivity index (χ4n) is 2.69. The fourth-order valence-corrected chi connectivity index (χ4v) is 2.69. The van der Waals surface area contributed by atoms with Crippen LogP contribution < -0.4 is 10.9 Å². The lowest BCUT2D eigenvalue weighted by Gasteiger charge is -2.38. The minimum absolute atomic E-state index is 0.0359. The first-order valence-electron chi connectivity index (χ1n) is 6.96. The van der Waals surface area contributed by atoms with Crippen LogP contribution in [-0.2, 0) is 0 Å². The summed E-state index contributed by atoms with van der Waals surface area (Å²) in [5.74, 6) is -0.565. The normalized spacial score (nSPS) is 23.3. The fraction of sp³-hybridized carbons (Fsp3) is 0.571. The first kappa shape index (κ1) is 16.5. The summed E-state index contributed by atoms with van der Waals surface area (Å²) in [6, 6.07) is 1.12. The molecule has 2 N–H and O–H groups in total. The lowest BCUT2D eigenvalue weighted by atomic mass is 9.98. The summed E-state index contributed by atoms with van der Waals surface area (Å²) in [7, 11) is 1.38. The van der Waals surface area contributed by atoms with E-state index in [1.807, 2.05) is 0 Å². The number of amides is 1. The summed E-state index contributed by atoms with van der Waals surface area (Å²) in [6.45, 7) is 1.79. The van der Waals surface area contributed by atoms with Crippen LogP contribution in [-0.4, -0.2) is 47.6 Å². The van der Waals surface area contributed by atoms with E-state index < -0.39 is 29.7 Å². The van der Waals surface area contributed by atoms with Crippen LogP contribution >= 0.6 is 0 Å². The molecule has 1 fully saturated rings. The van der Waals surface area contributed by atoms with Crippen molar-refractivity contribution in [3.8, 4) is 0 Å². The third-order valence-electron chi connectivity index (χ3n) is 3.84. The van der Waals surface area contributed by atoms with Crippen LogP contribution in [0.3, 0.4) is 0 Å². The Labute approximate surface area is 125 Å². The Bertz CT molecular complexity index is 612. The predicted octanol–water partition coefficient (Wildman–Crippen LogP) is 1.44. The number of aromatic nitrogens is 1. The molecule has 0 saturated carbocycles. The smallest absolute Gasteiger partial charge is 0.348 e. The zero-order valence-electron chi connectivity index (χ0n) is 12.3. The standard InChI is InChI=1S/C14H18F3N3O2/c1-8-3-5-10(12(21)18-8)13(22)19-9-4-6-11(14(15,16)17)20(2)7-9/h3,5,9,11H,4,6-7H2,1-2H3,(H,18,21)(H,19,22)/t9-,11+/m0/s1. The molecule has 0 aliphatic carbocycles. The van der Waals surface area contributed by atoms with Gasteiger partial charge in [0.25, 0.3) is 11.5 Å². The summed E-state index contributed by atoms with van der Waals surface area (Å²) in [5.41, 5.74) is 0.0907. The van der Waals surface area contributed by atoms with Crippen molar-refractivity contribution in [2.24, 2.45) is 0 Å². The number of aromatic amines is 1. The molecule has 1 aliphatic heterocycles. The first-order valence-corrected chi connectivity index (χ1v) is 6.96. The van der Waals surface area contributed by atoms with Crippen LogP contribution in [0, 0.1) is 6.92 Å². The van der Waals surface area contributed by atoms with E-state index in [0.717, 1.165) is 0 Å². The third-order valence-corrected chi connectivity index (χ3v) is 3.84. The zero-order chi connectivity index (χ0) is 16.5. The minimum Gasteiger partial charge on any atom is -0.348 e. The molecule has 0 bridgehead atoms. The Morgan fingerprint density at radius 3 is 2.59 bits per heavy atom. The van der Waals surface area contributed by atoms with E-state index in [4.69, 9.17) is 0 Å². The number of nitrogens with one attached hydrogen (secondary N) is 2. The lowest BCUT2D eigenvalue weighted by molar-refractivity contribution is -0.188. The average Bonchev–Trinajstić information content (AvgIpc) is 2.36. The van der Waals surface area contributed by atoms with Gasteiger partial charge in [-0.25, -0.2) is 0 Å². The second-order valence-electron chi connectivity index (χ2n) is 5.63. The van der Waals surface area contributed by atoms with E-state index in [1.54, 1.807) is 13.0 Å². The SMILES string of the molecule is Cc1ccc(C(=O)N[C@H]2CC[C@H](C(F)(F)F)N(C)C2)c(=O)[nH]1. The van der Waals surface area contributed by atoms with Gasteiger partial charge in [-0.05, 0) is 38.9 Å². The van der Waals surface area contributed by atoms with Gasteiger partial charge >= 0.3 is 6.18 Å². The molecule has 0 radical (unpaired) electrons. The van der Waals surface area contributed by atoms with Crippen molar-refractivity contribution in [2.75, 3.05) is 13.6 Å². The maximum atomic E-state index is 12.8. The Hall–Kier alpha value is -1.83. The molecular weight excluding hydrogens is 299 g/mol. The van der Waals surface area contributed by atoms with Crippen molar-refractivity contribution >= 4 is 5.91 Å². The number of aryl methyl sites for hydroxylation is 1. The molecule has 8 heteroatoms. The number of carbonyl (C=O) groups excluding carboxylic acids is 1. The molecule has 22 heavy (non-hydrogen) atoms. The van der Waals surface area contributed by atoms with E-state index in [9.17, 15) is 22.8 Å². The number of H-pyrrole nitrogens is 1. The van der Waals surface area contributed by atoms with E-state index in [2.05, 4.69) is 10.3 Å². The van der Waals surface area contributed by atoms with Gasteiger partial charge in [-0.15, -0.1) is 0 Å². The van der Waals surface area contributed by atoms with Gasteiger partial charge in [0.15, 0.2) is 0 Å². The quantitative estimate of drug-likeness (QED) is 0.867. The maximum Gasteiger partial charge on any atom is 0.404 e. The summed E-state index contributed by atoms with van der Waals surface area (Å²) in [5, 5.41) is 2.63. The summed E-state index contributed by atoms with van der Waals surface area (Å²) >= 11 is 0. The summed E-state index contributed by atoms with van der Waals surface area (Å²) in [4.78, 5) is 27.5. The number of nitrogens with zero attached hydrogens (tertiary/aromatic N) is 1. The van der Waals surface area contributed by atoms with E-state index in [-0.39, 0.29) is 24.9 Å². The average molecular weight is 317 g/mol. The van der Waals surface area contributed by atoms with Gasteiger partial charge in [0, 0.05) is 18.3 Å². The van der Waals surface area contributed by atoms with Crippen LogP contribution in [0.1, 0.15) is 28.9 Å².